The molecule has 0 bridgehead atoms. The lowest BCUT2D eigenvalue weighted by Gasteiger charge is -2.02. The molecule has 0 aliphatic rings. The Bertz CT molecular complexity index is 116. The predicted octanol–water partition coefficient (Wildman–Crippen LogP) is 2.74. The molecule has 0 nitrogen and oxygen atoms in total. The zero-order valence-corrected chi connectivity index (χ0v) is 6.74. The minimum Gasteiger partial charge on any atom is -0.107 e. The topological polar surface area (TPSA) is 0 Å². The highest BCUT2D eigenvalue weighted by Gasteiger charge is 1.92. The quantitative estimate of drug-likeness (QED) is 0.540. The molecular weight excluding hydrogens is 127 g/mol. The Morgan fingerprint density at radius 1 is 1.78 bits per heavy atom. The van der Waals surface area contributed by atoms with Crippen LogP contribution in [0, 0.1) is 0 Å². The van der Waals surface area contributed by atoms with Crippen LogP contribution < -0.4 is 0 Å². The monoisotopic (exact) mass is 138 g/mol. The Hall–Kier alpha value is -0.105. The van der Waals surface area contributed by atoms with Gasteiger partial charge < -0.3 is 0 Å². The molecule has 0 fully saturated rings. The van der Waals surface area contributed by atoms with E-state index >= 15 is 0 Å². The minimum absolute atomic E-state index is 0.164. The van der Waals surface area contributed by atoms with E-state index in [1.165, 1.54) is 5.57 Å². The van der Waals surface area contributed by atoms with Crippen LogP contribution in [-0.2, 0) is 0 Å². The van der Waals surface area contributed by atoms with Gasteiger partial charge in [-0.1, -0.05) is 24.9 Å². The van der Waals surface area contributed by atoms with Crippen molar-refractivity contribution >= 4 is 19.6 Å². The molecule has 0 spiro atoms. The van der Waals surface area contributed by atoms with Gasteiger partial charge in [-0.25, -0.2) is 0 Å². The Morgan fingerprint density at radius 2 is 2.33 bits per heavy atom. The van der Waals surface area contributed by atoms with Gasteiger partial charge in [-0.2, -0.15) is 0 Å². The van der Waals surface area contributed by atoms with Gasteiger partial charge in [-0.3, -0.25) is 0 Å². The lowest BCUT2D eigenvalue weighted by atomic mass is 9.84. The zero-order valence-electron chi connectivity index (χ0n) is 5.92. The van der Waals surface area contributed by atoms with Crippen LogP contribution in [0.4, 0.5) is 0 Å². The van der Waals surface area contributed by atoms with Gasteiger partial charge >= 0.3 is 0 Å². The maximum atomic E-state index is 5.56. The molecule has 0 aliphatic heterocycles. The van der Waals surface area contributed by atoms with Gasteiger partial charge in [0.05, 0.1) is 7.85 Å². The molecule has 0 aromatic carbocycles. The van der Waals surface area contributed by atoms with Crippen molar-refractivity contribution in [3.05, 3.63) is 23.0 Å². The van der Waals surface area contributed by atoms with Crippen molar-refractivity contribution < 1.29 is 0 Å². The molecule has 0 N–H and O–H groups in total. The highest BCUT2D eigenvalue weighted by molar-refractivity contribution is 8.04. The van der Waals surface area contributed by atoms with E-state index in [2.05, 4.69) is 6.58 Å². The average Bonchev–Trinajstić information content (AvgIpc) is 1.82. The maximum absolute atomic E-state index is 5.56. The second-order valence-electron chi connectivity index (χ2n) is 1.95. The molecule has 1 unspecified atom stereocenters. The van der Waals surface area contributed by atoms with Crippen molar-refractivity contribution in [3.63, 3.8) is 0 Å². The Balaban J connectivity index is 3.68. The predicted molar refractivity (Wildman–Crippen MR) is 46.7 cm³/mol. The van der Waals surface area contributed by atoms with Crippen molar-refractivity contribution in [1.82, 2.24) is 0 Å². The fourth-order valence-corrected chi connectivity index (χ4v) is 0.788. The van der Waals surface area contributed by atoms with Gasteiger partial charge in [0, 0.05) is 0 Å². The van der Waals surface area contributed by atoms with Crippen LogP contribution in [0.25, 0.3) is 0 Å². The number of allylic oxidation sites excluding steroid dienone is 1. The molecule has 0 rings (SSSR count). The van der Waals surface area contributed by atoms with Crippen molar-refractivity contribution in [1.29, 1.82) is 0 Å². The van der Waals surface area contributed by atoms with E-state index in [1.807, 2.05) is 19.3 Å². The van der Waals surface area contributed by atoms with Crippen LogP contribution in [0.5, 0.6) is 0 Å². The number of rotatable bonds is 3. The van der Waals surface area contributed by atoms with Gasteiger partial charge in [0.25, 0.3) is 0 Å². The first kappa shape index (κ1) is 8.89. The Morgan fingerprint density at radius 3 is 2.67 bits per heavy atom. The summed E-state index contributed by atoms with van der Waals surface area (Å²) in [6, 6.07) is 0. The molecule has 0 amide bonds. The highest BCUT2D eigenvalue weighted by atomic mass is 32.2. The Kier molecular flexibility index (Phi) is 4.69. The number of hydrogen-bond acceptors (Lipinski definition) is 1. The van der Waals surface area contributed by atoms with Gasteiger partial charge in [0.1, 0.15) is 0 Å². The van der Waals surface area contributed by atoms with E-state index < -0.39 is 0 Å². The smallest absolute Gasteiger partial charge is 0.0755 e. The second kappa shape index (κ2) is 4.74. The summed E-state index contributed by atoms with van der Waals surface area (Å²) in [5.74, 6) is 0.164. The fourth-order valence-electron chi connectivity index (χ4n) is 0.263. The second-order valence-corrected chi connectivity index (χ2v) is 2.79. The van der Waals surface area contributed by atoms with Crippen molar-refractivity contribution in [2.75, 3.05) is 0 Å². The highest BCUT2D eigenvalue weighted by Crippen LogP contribution is 2.16. The van der Waals surface area contributed by atoms with E-state index in [9.17, 15) is 0 Å². The summed E-state index contributed by atoms with van der Waals surface area (Å²) in [5.41, 5.74) is 1.19. The molecule has 0 aromatic heterocycles. The molecule has 0 saturated heterocycles. The maximum Gasteiger partial charge on any atom is 0.0755 e. The molecule has 0 aliphatic carbocycles. The van der Waals surface area contributed by atoms with Crippen molar-refractivity contribution in [2.24, 2.45) is 0 Å². The minimum atomic E-state index is 0.164. The third-order valence-electron chi connectivity index (χ3n) is 1.07. The molecule has 0 aromatic rings. The van der Waals surface area contributed by atoms with E-state index in [1.54, 1.807) is 17.2 Å². The van der Waals surface area contributed by atoms with E-state index in [4.69, 9.17) is 7.85 Å². The van der Waals surface area contributed by atoms with Crippen LogP contribution in [0.2, 0.25) is 5.82 Å². The van der Waals surface area contributed by atoms with Gasteiger partial charge in [-0.15, -0.1) is 11.8 Å². The molecule has 48 valence electrons. The third kappa shape index (κ3) is 4.40. The summed E-state index contributed by atoms with van der Waals surface area (Å²) >= 11 is 1.57. The summed E-state index contributed by atoms with van der Waals surface area (Å²) in [6.07, 6.45) is 0. The first-order chi connectivity index (χ1) is 4.18. The largest absolute Gasteiger partial charge is 0.107 e. The van der Waals surface area contributed by atoms with E-state index in [0.717, 1.165) is 0 Å². The first-order valence-corrected chi connectivity index (χ1v) is 3.81. The van der Waals surface area contributed by atoms with Crippen LogP contribution in [0.3, 0.4) is 0 Å². The van der Waals surface area contributed by atoms with Gasteiger partial charge in [0.15, 0.2) is 0 Å². The lowest BCUT2D eigenvalue weighted by molar-refractivity contribution is 1.10. The van der Waals surface area contributed by atoms with Crippen LogP contribution in [0.15, 0.2) is 23.0 Å². The molecule has 9 heavy (non-hydrogen) atoms. The summed E-state index contributed by atoms with van der Waals surface area (Å²) in [6.45, 7) is 7.55. The molecule has 1 atom stereocenters. The van der Waals surface area contributed by atoms with Gasteiger partial charge in [-0.05, 0) is 17.7 Å². The molecule has 2 radical (unpaired) electrons. The van der Waals surface area contributed by atoms with Crippen molar-refractivity contribution in [2.45, 2.75) is 19.7 Å². The standard InChI is InChI=1S/C7H11BS/c1-4-9-5-6(2)7(3)8/h4-5,7H,1H2,2-3H3/b6-5+. The molecule has 0 heterocycles. The summed E-state index contributed by atoms with van der Waals surface area (Å²) < 4.78 is 0. The number of hydrogen-bond donors (Lipinski definition) is 0. The molecular formula is C7H11BS. The fraction of sp³-hybridized carbons (Fsp3) is 0.429. The third-order valence-corrected chi connectivity index (χ3v) is 1.77. The average molecular weight is 138 g/mol. The lowest BCUT2D eigenvalue weighted by Crippen LogP contribution is -1.84. The summed E-state index contributed by atoms with van der Waals surface area (Å²) in [7, 11) is 5.56. The van der Waals surface area contributed by atoms with Crippen molar-refractivity contribution in [3.8, 4) is 0 Å². The molecule has 0 saturated carbocycles. The van der Waals surface area contributed by atoms with E-state index in [0.29, 0.717) is 0 Å². The normalized spacial score (nSPS) is 15.1. The summed E-state index contributed by atoms with van der Waals surface area (Å²) in [4.78, 5) is 0. The van der Waals surface area contributed by atoms with Crippen LogP contribution in [0.1, 0.15) is 13.8 Å². The zero-order chi connectivity index (χ0) is 7.28. The van der Waals surface area contributed by atoms with E-state index in [-0.39, 0.29) is 5.82 Å². The molecule has 2 heteroatoms. The summed E-state index contributed by atoms with van der Waals surface area (Å²) in [5, 5.41) is 3.80. The first-order valence-electron chi connectivity index (χ1n) is 2.87. The van der Waals surface area contributed by atoms with Gasteiger partial charge in [0.2, 0.25) is 0 Å². The number of thioether (sulfide) groups is 1. The Labute approximate surface area is 62.8 Å². The van der Waals surface area contributed by atoms with Crippen LogP contribution in [-0.4, -0.2) is 7.85 Å². The van der Waals surface area contributed by atoms with Crippen LogP contribution >= 0.6 is 11.8 Å². The SMILES string of the molecule is [B]C(C)/C(C)=C/SC=C.